The van der Waals surface area contributed by atoms with Crippen LogP contribution in [0, 0.1) is 6.92 Å². The molecule has 1 aliphatic heterocycles. The Bertz CT molecular complexity index is 686. The van der Waals surface area contributed by atoms with E-state index in [2.05, 4.69) is 21.2 Å². The molecule has 3 rings (SSSR count). The Labute approximate surface area is 120 Å². The Balaban J connectivity index is 2.08. The number of benzene rings is 2. The van der Waals surface area contributed by atoms with Crippen molar-refractivity contribution in [2.24, 2.45) is 0 Å². The van der Waals surface area contributed by atoms with E-state index in [0.717, 1.165) is 21.3 Å². The van der Waals surface area contributed by atoms with E-state index >= 15 is 0 Å². The number of carbonyl (C=O) groups is 1. The van der Waals surface area contributed by atoms with Crippen molar-refractivity contribution in [3.63, 3.8) is 0 Å². The van der Waals surface area contributed by atoms with Crippen molar-refractivity contribution in [3.8, 4) is 0 Å². The number of aryl methyl sites for hydroxylation is 1. The maximum absolute atomic E-state index is 12.0. The zero-order valence-electron chi connectivity index (χ0n) is 10.4. The second-order valence-corrected chi connectivity index (χ2v) is 5.53. The van der Waals surface area contributed by atoms with Crippen LogP contribution >= 0.6 is 15.9 Å². The molecule has 1 heterocycles. The van der Waals surface area contributed by atoms with Crippen molar-refractivity contribution in [3.05, 3.63) is 63.6 Å². The van der Waals surface area contributed by atoms with Crippen molar-refractivity contribution in [2.75, 3.05) is 5.32 Å². The first-order valence-electron chi connectivity index (χ1n) is 6.03. The Morgan fingerprint density at radius 3 is 2.58 bits per heavy atom. The summed E-state index contributed by atoms with van der Waals surface area (Å²) in [6.07, 6.45) is 1.92. The molecule has 0 aromatic heterocycles. The Morgan fingerprint density at radius 1 is 1.11 bits per heavy atom. The predicted octanol–water partition coefficient (Wildman–Crippen LogP) is 4.25. The summed E-state index contributed by atoms with van der Waals surface area (Å²) >= 11 is 3.44. The Hall–Kier alpha value is -1.87. The topological polar surface area (TPSA) is 29.1 Å². The van der Waals surface area contributed by atoms with E-state index < -0.39 is 0 Å². The molecule has 1 amide bonds. The monoisotopic (exact) mass is 313 g/mol. The number of halogens is 1. The van der Waals surface area contributed by atoms with E-state index in [1.807, 2.05) is 55.5 Å². The number of fused-ring (bicyclic) bond motifs is 1. The lowest BCUT2D eigenvalue weighted by molar-refractivity contribution is -0.110. The summed E-state index contributed by atoms with van der Waals surface area (Å²) in [7, 11) is 0. The number of hydrogen-bond acceptors (Lipinski definition) is 1. The van der Waals surface area contributed by atoms with Crippen molar-refractivity contribution >= 4 is 39.2 Å². The smallest absolute Gasteiger partial charge is 0.256 e. The van der Waals surface area contributed by atoms with E-state index in [1.54, 1.807) is 0 Å². The first-order valence-corrected chi connectivity index (χ1v) is 6.82. The maximum Gasteiger partial charge on any atom is 0.256 e. The highest BCUT2D eigenvalue weighted by Gasteiger charge is 2.23. The lowest BCUT2D eigenvalue weighted by Crippen LogP contribution is -2.03. The zero-order chi connectivity index (χ0) is 13.4. The molecule has 0 bridgehead atoms. The average Bonchev–Trinajstić information content (AvgIpc) is 2.69. The molecule has 0 radical (unpaired) electrons. The van der Waals surface area contributed by atoms with E-state index in [0.29, 0.717) is 5.57 Å². The molecule has 2 aromatic rings. The van der Waals surface area contributed by atoms with Gasteiger partial charge in [0.2, 0.25) is 0 Å². The van der Waals surface area contributed by atoms with E-state index in [9.17, 15) is 4.79 Å². The van der Waals surface area contributed by atoms with Gasteiger partial charge < -0.3 is 5.32 Å². The van der Waals surface area contributed by atoms with Crippen LogP contribution in [0.1, 0.15) is 16.7 Å². The minimum Gasteiger partial charge on any atom is -0.321 e. The first kappa shape index (κ1) is 12.2. The van der Waals surface area contributed by atoms with Crippen molar-refractivity contribution < 1.29 is 4.79 Å². The van der Waals surface area contributed by atoms with Crippen LogP contribution < -0.4 is 5.32 Å². The van der Waals surface area contributed by atoms with Gasteiger partial charge in [0.25, 0.3) is 5.91 Å². The number of amides is 1. The van der Waals surface area contributed by atoms with E-state index in [-0.39, 0.29) is 5.91 Å². The van der Waals surface area contributed by atoms with E-state index in [1.165, 1.54) is 5.56 Å². The summed E-state index contributed by atoms with van der Waals surface area (Å²) in [4.78, 5) is 12.0. The molecule has 2 nitrogen and oxygen atoms in total. The number of hydrogen-bond donors (Lipinski definition) is 1. The number of carbonyl (C=O) groups excluding carboxylic acids is 1. The van der Waals surface area contributed by atoms with Crippen LogP contribution in [0.5, 0.6) is 0 Å². The van der Waals surface area contributed by atoms with Gasteiger partial charge in [0, 0.05) is 21.3 Å². The SMILES string of the molecule is Cc1ccc(C=C2C(=O)Nc3ccc(Br)cc32)cc1. The molecular weight excluding hydrogens is 302 g/mol. The Morgan fingerprint density at radius 2 is 1.84 bits per heavy atom. The minimum atomic E-state index is -0.0475. The molecule has 0 spiro atoms. The van der Waals surface area contributed by atoms with Gasteiger partial charge in [0.15, 0.2) is 0 Å². The molecule has 94 valence electrons. The molecule has 1 aliphatic rings. The quantitative estimate of drug-likeness (QED) is 0.783. The molecule has 0 saturated carbocycles. The lowest BCUT2D eigenvalue weighted by Gasteiger charge is -2.00. The minimum absolute atomic E-state index is 0.0475. The first-order chi connectivity index (χ1) is 9.13. The van der Waals surface area contributed by atoms with Crippen LogP contribution in [-0.2, 0) is 4.79 Å². The van der Waals surface area contributed by atoms with Gasteiger partial charge in [0.05, 0.1) is 0 Å². The number of anilines is 1. The van der Waals surface area contributed by atoms with Gasteiger partial charge in [-0.05, 0) is 36.8 Å². The predicted molar refractivity (Wildman–Crippen MR) is 81.8 cm³/mol. The van der Waals surface area contributed by atoms with Gasteiger partial charge in [0.1, 0.15) is 0 Å². The standard InChI is InChI=1S/C16H12BrNO/c1-10-2-4-11(5-3-10)8-14-13-9-12(17)6-7-15(13)18-16(14)19/h2-9H,1H3,(H,18,19). The molecule has 0 fully saturated rings. The van der Waals surface area contributed by atoms with E-state index in [4.69, 9.17) is 0 Å². The van der Waals surface area contributed by atoms with Crippen molar-refractivity contribution in [1.82, 2.24) is 0 Å². The van der Waals surface area contributed by atoms with Crippen LogP contribution in [0.2, 0.25) is 0 Å². The summed E-state index contributed by atoms with van der Waals surface area (Å²) in [5.41, 5.74) is 4.76. The normalized spacial score (nSPS) is 15.5. The molecule has 1 N–H and O–H groups in total. The molecule has 0 atom stereocenters. The summed E-state index contributed by atoms with van der Waals surface area (Å²) in [6, 6.07) is 13.9. The molecule has 3 heteroatoms. The molecule has 0 unspecified atom stereocenters. The van der Waals surface area contributed by atoms with Gasteiger partial charge in [-0.2, -0.15) is 0 Å². The average molecular weight is 314 g/mol. The van der Waals surface area contributed by atoms with Crippen LogP contribution in [0.3, 0.4) is 0 Å². The van der Waals surface area contributed by atoms with Gasteiger partial charge in [-0.25, -0.2) is 0 Å². The molecule has 2 aromatic carbocycles. The summed E-state index contributed by atoms with van der Waals surface area (Å²) < 4.78 is 0.970. The summed E-state index contributed by atoms with van der Waals surface area (Å²) in [5, 5.41) is 2.88. The largest absolute Gasteiger partial charge is 0.321 e. The van der Waals surface area contributed by atoms with Crippen LogP contribution in [0.15, 0.2) is 46.9 Å². The number of rotatable bonds is 1. The number of nitrogens with one attached hydrogen (secondary N) is 1. The van der Waals surface area contributed by atoms with Crippen LogP contribution in [-0.4, -0.2) is 5.91 Å². The lowest BCUT2D eigenvalue weighted by atomic mass is 10.0. The molecule has 0 aliphatic carbocycles. The fourth-order valence-corrected chi connectivity index (χ4v) is 2.49. The molecule has 0 saturated heterocycles. The van der Waals surface area contributed by atoms with Gasteiger partial charge in [-0.15, -0.1) is 0 Å². The highest BCUT2D eigenvalue weighted by molar-refractivity contribution is 9.10. The van der Waals surface area contributed by atoms with Crippen LogP contribution in [0.4, 0.5) is 5.69 Å². The molecule has 19 heavy (non-hydrogen) atoms. The fourth-order valence-electron chi connectivity index (χ4n) is 2.13. The van der Waals surface area contributed by atoms with Crippen molar-refractivity contribution in [1.29, 1.82) is 0 Å². The zero-order valence-corrected chi connectivity index (χ0v) is 12.0. The third kappa shape index (κ3) is 2.34. The summed E-state index contributed by atoms with van der Waals surface area (Å²) in [6.45, 7) is 2.05. The van der Waals surface area contributed by atoms with Crippen molar-refractivity contribution in [2.45, 2.75) is 6.92 Å². The highest BCUT2D eigenvalue weighted by atomic mass is 79.9. The molecular formula is C16H12BrNO. The second kappa shape index (κ2) is 4.67. The van der Waals surface area contributed by atoms with Crippen LogP contribution in [0.25, 0.3) is 11.6 Å². The maximum atomic E-state index is 12.0. The van der Waals surface area contributed by atoms with Gasteiger partial charge in [-0.1, -0.05) is 45.8 Å². The Kier molecular flexibility index (Phi) is 2.99. The van der Waals surface area contributed by atoms with Gasteiger partial charge >= 0.3 is 0 Å². The fraction of sp³-hybridized carbons (Fsp3) is 0.0625. The highest BCUT2D eigenvalue weighted by Crippen LogP contribution is 2.34. The second-order valence-electron chi connectivity index (χ2n) is 4.61. The summed E-state index contributed by atoms with van der Waals surface area (Å²) in [5.74, 6) is -0.0475. The third-order valence-corrected chi connectivity index (χ3v) is 3.65. The third-order valence-electron chi connectivity index (χ3n) is 3.15. The van der Waals surface area contributed by atoms with Gasteiger partial charge in [-0.3, -0.25) is 4.79 Å².